The maximum Gasteiger partial charge on any atom is 0.338 e. The third kappa shape index (κ3) is 4.92. The molecule has 0 saturated heterocycles. The molecule has 24 heavy (non-hydrogen) atoms. The smallest absolute Gasteiger partial charge is 0.338 e. The third-order valence-electron chi connectivity index (χ3n) is 3.06. The van der Waals surface area contributed by atoms with Crippen LogP contribution in [0, 0.1) is 6.92 Å². The Kier molecular flexibility index (Phi) is 6.08. The van der Waals surface area contributed by atoms with E-state index in [1.165, 1.54) is 0 Å². The number of amides is 2. The molecule has 0 aliphatic rings. The molecule has 2 rings (SSSR count). The lowest BCUT2D eigenvalue weighted by Gasteiger charge is -2.09. The summed E-state index contributed by atoms with van der Waals surface area (Å²) in [6, 6.07) is 13.6. The number of halogens is 1. The molecule has 0 aromatic heterocycles. The Hall–Kier alpha value is -2.67. The van der Waals surface area contributed by atoms with Gasteiger partial charge in [-0.25, -0.2) is 4.79 Å². The molecule has 2 amide bonds. The first-order chi connectivity index (χ1) is 11.5. The summed E-state index contributed by atoms with van der Waals surface area (Å²) in [6.45, 7) is 1.40. The van der Waals surface area contributed by atoms with Gasteiger partial charge in [-0.3, -0.25) is 20.4 Å². The number of benzene rings is 2. The van der Waals surface area contributed by atoms with E-state index in [-0.39, 0.29) is 0 Å². The van der Waals surface area contributed by atoms with Crippen molar-refractivity contribution in [1.82, 2.24) is 10.9 Å². The molecule has 0 spiro atoms. The number of rotatable bonds is 4. The summed E-state index contributed by atoms with van der Waals surface area (Å²) in [4.78, 5) is 35.3. The van der Waals surface area contributed by atoms with Gasteiger partial charge in [-0.2, -0.15) is 0 Å². The number of hydrogen-bond acceptors (Lipinski definition) is 4. The summed E-state index contributed by atoms with van der Waals surface area (Å²) in [5.41, 5.74) is 6.17. The van der Waals surface area contributed by atoms with Crippen LogP contribution in [0.5, 0.6) is 0 Å². The highest BCUT2D eigenvalue weighted by Gasteiger charge is 2.12. The van der Waals surface area contributed by atoms with Crippen LogP contribution in [0.4, 0.5) is 0 Å². The van der Waals surface area contributed by atoms with Gasteiger partial charge in [-0.05, 0) is 47.1 Å². The molecular formula is C17H15BrN2O4. The molecule has 0 fully saturated rings. The van der Waals surface area contributed by atoms with E-state index in [0.717, 1.165) is 5.56 Å². The molecule has 2 aromatic rings. The third-order valence-corrected chi connectivity index (χ3v) is 3.75. The van der Waals surface area contributed by atoms with E-state index in [9.17, 15) is 14.4 Å². The van der Waals surface area contributed by atoms with Crippen molar-refractivity contribution < 1.29 is 19.1 Å². The molecule has 0 atom stereocenters. The first-order valence-electron chi connectivity index (χ1n) is 7.05. The highest BCUT2D eigenvalue weighted by molar-refractivity contribution is 9.10. The molecule has 0 saturated carbocycles. The van der Waals surface area contributed by atoms with Gasteiger partial charge in [-0.15, -0.1) is 0 Å². The number of aryl methyl sites for hydroxylation is 1. The predicted octanol–water partition coefficient (Wildman–Crippen LogP) is 2.38. The van der Waals surface area contributed by atoms with Crippen molar-refractivity contribution in [1.29, 1.82) is 0 Å². The van der Waals surface area contributed by atoms with Crippen LogP contribution < -0.4 is 10.9 Å². The zero-order valence-corrected chi connectivity index (χ0v) is 14.4. The first-order valence-corrected chi connectivity index (χ1v) is 7.84. The monoisotopic (exact) mass is 390 g/mol. The van der Waals surface area contributed by atoms with Gasteiger partial charge >= 0.3 is 5.97 Å². The van der Waals surface area contributed by atoms with Crippen molar-refractivity contribution in [3.8, 4) is 0 Å². The highest BCUT2D eigenvalue weighted by atomic mass is 79.9. The highest BCUT2D eigenvalue weighted by Crippen LogP contribution is 2.15. The standard InChI is InChI=1S/C17H15BrN2O4/c1-11-6-8-12(9-7-11)17(23)24-10-15(21)19-20-16(22)13-4-2-3-5-14(13)18/h2-9H,10H2,1H3,(H,19,21)(H,20,22). The van der Waals surface area contributed by atoms with Crippen LogP contribution in [-0.4, -0.2) is 24.4 Å². The number of nitrogens with one attached hydrogen (secondary N) is 2. The maximum absolute atomic E-state index is 11.9. The molecule has 0 bridgehead atoms. The minimum Gasteiger partial charge on any atom is -0.452 e. The van der Waals surface area contributed by atoms with Crippen LogP contribution in [-0.2, 0) is 9.53 Å². The van der Waals surface area contributed by atoms with Gasteiger partial charge in [0.15, 0.2) is 6.61 Å². The molecule has 0 aliphatic carbocycles. The summed E-state index contributed by atoms with van der Waals surface area (Å²) in [5.74, 6) is -1.74. The Balaban J connectivity index is 1.79. The van der Waals surface area contributed by atoms with Gasteiger partial charge in [0.05, 0.1) is 11.1 Å². The average molecular weight is 391 g/mol. The Morgan fingerprint density at radius 1 is 1.00 bits per heavy atom. The topological polar surface area (TPSA) is 84.5 Å². The van der Waals surface area contributed by atoms with Crippen LogP contribution in [0.3, 0.4) is 0 Å². The maximum atomic E-state index is 11.9. The molecule has 0 unspecified atom stereocenters. The van der Waals surface area contributed by atoms with E-state index >= 15 is 0 Å². The lowest BCUT2D eigenvalue weighted by Crippen LogP contribution is -2.43. The van der Waals surface area contributed by atoms with E-state index in [0.29, 0.717) is 15.6 Å². The molecule has 2 aromatic carbocycles. The lowest BCUT2D eigenvalue weighted by atomic mass is 10.1. The number of carbonyl (C=O) groups excluding carboxylic acids is 3. The fourth-order valence-electron chi connectivity index (χ4n) is 1.78. The van der Waals surface area contributed by atoms with E-state index in [2.05, 4.69) is 26.8 Å². The molecule has 124 valence electrons. The average Bonchev–Trinajstić information content (AvgIpc) is 2.58. The van der Waals surface area contributed by atoms with Crippen molar-refractivity contribution in [3.63, 3.8) is 0 Å². The first kappa shape index (κ1) is 17.7. The number of carbonyl (C=O) groups is 3. The van der Waals surface area contributed by atoms with Gasteiger partial charge in [0.1, 0.15) is 0 Å². The van der Waals surface area contributed by atoms with E-state index in [4.69, 9.17) is 4.74 Å². The number of hydrazine groups is 1. The molecule has 7 heteroatoms. The van der Waals surface area contributed by atoms with Gasteiger partial charge in [-0.1, -0.05) is 29.8 Å². The Labute approximate surface area is 147 Å². The van der Waals surface area contributed by atoms with E-state index in [1.807, 2.05) is 6.92 Å². The van der Waals surface area contributed by atoms with Crippen molar-refractivity contribution >= 4 is 33.7 Å². The summed E-state index contributed by atoms with van der Waals surface area (Å²) < 4.78 is 5.48. The zero-order valence-electron chi connectivity index (χ0n) is 12.8. The molecular weight excluding hydrogens is 376 g/mol. The molecule has 0 heterocycles. The second kappa shape index (κ2) is 8.26. The summed E-state index contributed by atoms with van der Waals surface area (Å²) >= 11 is 3.24. The summed E-state index contributed by atoms with van der Waals surface area (Å²) in [7, 11) is 0. The molecule has 0 aliphatic heterocycles. The zero-order chi connectivity index (χ0) is 17.5. The van der Waals surface area contributed by atoms with Crippen LogP contribution in [0.2, 0.25) is 0 Å². The van der Waals surface area contributed by atoms with Crippen LogP contribution in [0.25, 0.3) is 0 Å². The van der Waals surface area contributed by atoms with E-state index < -0.39 is 24.4 Å². The Bertz CT molecular complexity index is 759. The van der Waals surface area contributed by atoms with Crippen molar-refractivity contribution in [3.05, 3.63) is 69.7 Å². The minimum atomic E-state index is -0.643. The lowest BCUT2D eigenvalue weighted by molar-refractivity contribution is -0.125. The second-order valence-corrected chi connectivity index (χ2v) is 5.78. The number of hydrogen-bond donors (Lipinski definition) is 2. The van der Waals surface area contributed by atoms with Gasteiger partial charge in [0, 0.05) is 4.47 Å². The van der Waals surface area contributed by atoms with E-state index in [1.54, 1.807) is 48.5 Å². The summed E-state index contributed by atoms with van der Waals surface area (Å²) in [5, 5.41) is 0. The Morgan fingerprint density at radius 3 is 2.33 bits per heavy atom. The number of esters is 1. The van der Waals surface area contributed by atoms with Gasteiger partial charge in [0.2, 0.25) is 0 Å². The second-order valence-electron chi connectivity index (χ2n) is 4.92. The number of ether oxygens (including phenoxy) is 1. The van der Waals surface area contributed by atoms with Crippen molar-refractivity contribution in [2.45, 2.75) is 6.92 Å². The quantitative estimate of drug-likeness (QED) is 0.619. The van der Waals surface area contributed by atoms with Crippen LogP contribution in [0.15, 0.2) is 53.0 Å². The van der Waals surface area contributed by atoms with Crippen LogP contribution in [0.1, 0.15) is 26.3 Å². The van der Waals surface area contributed by atoms with Crippen molar-refractivity contribution in [2.24, 2.45) is 0 Å². The fraction of sp³-hybridized carbons (Fsp3) is 0.118. The fourth-order valence-corrected chi connectivity index (χ4v) is 2.24. The molecule has 6 nitrogen and oxygen atoms in total. The van der Waals surface area contributed by atoms with Gasteiger partial charge in [0.25, 0.3) is 11.8 Å². The predicted molar refractivity (Wildman–Crippen MR) is 91.2 cm³/mol. The molecule has 2 N–H and O–H groups in total. The Morgan fingerprint density at radius 2 is 1.67 bits per heavy atom. The SMILES string of the molecule is Cc1ccc(C(=O)OCC(=O)NNC(=O)c2ccccc2Br)cc1. The largest absolute Gasteiger partial charge is 0.452 e. The van der Waals surface area contributed by atoms with Crippen LogP contribution >= 0.6 is 15.9 Å². The van der Waals surface area contributed by atoms with Crippen molar-refractivity contribution in [2.75, 3.05) is 6.61 Å². The normalized spacial score (nSPS) is 9.92. The molecule has 0 radical (unpaired) electrons. The summed E-state index contributed by atoms with van der Waals surface area (Å²) in [6.07, 6.45) is 0. The van der Waals surface area contributed by atoms with Gasteiger partial charge < -0.3 is 4.74 Å². The minimum absolute atomic E-state index is 0.352.